The number of hydrogen-bond acceptors (Lipinski definition) is 7. The third-order valence-electron chi connectivity index (χ3n) is 5.39. The summed E-state index contributed by atoms with van der Waals surface area (Å²) in [5.74, 6) is 2.22. The van der Waals surface area contributed by atoms with Crippen LogP contribution in [0.3, 0.4) is 0 Å². The number of piperazine rings is 1. The fraction of sp³-hybridized carbons (Fsp3) is 0.364. The Morgan fingerprint density at radius 3 is 1.84 bits per heavy atom. The highest BCUT2D eigenvalue weighted by molar-refractivity contribution is 5.97. The van der Waals surface area contributed by atoms with Gasteiger partial charge in [0.15, 0.2) is 23.0 Å². The molecule has 2 aliphatic heterocycles. The Morgan fingerprint density at radius 1 is 0.742 bits per heavy atom. The van der Waals surface area contributed by atoms with Gasteiger partial charge in [-0.15, -0.1) is 0 Å². The summed E-state index contributed by atoms with van der Waals surface area (Å²) >= 11 is 0. The fourth-order valence-corrected chi connectivity index (χ4v) is 3.71. The zero-order valence-corrected chi connectivity index (χ0v) is 17.7. The van der Waals surface area contributed by atoms with Crippen LogP contribution in [0.15, 0.2) is 30.3 Å². The maximum Gasteiger partial charge on any atom is 0.254 e. The van der Waals surface area contributed by atoms with Gasteiger partial charge in [-0.05, 0) is 30.3 Å². The van der Waals surface area contributed by atoms with Gasteiger partial charge in [-0.3, -0.25) is 9.59 Å². The van der Waals surface area contributed by atoms with E-state index in [1.54, 1.807) is 40.1 Å². The first-order valence-electron chi connectivity index (χ1n) is 9.84. The molecular weight excluding hydrogens is 404 g/mol. The van der Waals surface area contributed by atoms with E-state index in [0.717, 1.165) is 0 Å². The van der Waals surface area contributed by atoms with E-state index in [4.69, 9.17) is 23.7 Å². The van der Waals surface area contributed by atoms with Gasteiger partial charge in [0.25, 0.3) is 11.8 Å². The second-order valence-corrected chi connectivity index (χ2v) is 7.07. The number of benzene rings is 2. The molecular formula is C22H24N2O7. The molecule has 1 fully saturated rings. The van der Waals surface area contributed by atoms with Crippen LogP contribution in [0.4, 0.5) is 0 Å². The van der Waals surface area contributed by atoms with Crippen LogP contribution in [0.25, 0.3) is 0 Å². The van der Waals surface area contributed by atoms with Crippen molar-refractivity contribution in [2.24, 2.45) is 0 Å². The van der Waals surface area contributed by atoms with E-state index in [9.17, 15) is 9.59 Å². The number of rotatable bonds is 5. The second-order valence-electron chi connectivity index (χ2n) is 7.07. The van der Waals surface area contributed by atoms with E-state index in [0.29, 0.717) is 66.1 Å². The number of methoxy groups -OCH3 is 3. The number of carbonyl (C=O) groups excluding carboxylic acids is 2. The molecule has 2 aliphatic rings. The van der Waals surface area contributed by atoms with Gasteiger partial charge in [0.1, 0.15) is 0 Å². The first-order valence-corrected chi connectivity index (χ1v) is 9.84. The predicted octanol–water partition coefficient (Wildman–Crippen LogP) is 2.04. The largest absolute Gasteiger partial charge is 0.493 e. The Kier molecular flexibility index (Phi) is 5.75. The van der Waals surface area contributed by atoms with Crippen LogP contribution in [-0.2, 0) is 0 Å². The summed E-state index contributed by atoms with van der Waals surface area (Å²) in [5.41, 5.74) is 0.971. The molecule has 2 heterocycles. The van der Waals surface area contributed by atoms with Crippen molar-refractivity contribution in [3.63, 3.8) is 0 Å². The van der Waals surface area contributed by atoms with Crippen LogP contribution < -0.4 is 23.7 Å². The summed E-state index contributed by atoms with van der Waals surface area (Å²) in [4.78, 5) is 29.4. The summed E-state index contributed by atoms with van der Waals surface area (Å²) in [6, 6.07) is 8.42. The maximum atomic E-state index is 13.1. The van der Waals surface area contributed by atoms with Crippen LogP contribution in [0.2, 0.25) is 0 Å². The van der Waals surface area contributed by atoms with Gasteiger partial charge >= 0.3 is 0 Å². The Hall–Kier alpha value is -3.62. The lowest BCUT2D eigenvalue weighted by molar-refractivity contribution is 0.0535. The van der Waals surface area contributed by atoms with E-state index in [-0.39, 0.29) is 18.6 Å². The molecule has 0 saturated carbocycles. The SMILES string of the molecule is COc1cc(C(=O)N2CCN(C(=O)c3ccc4c(c3)OCO4)CC2)cc(OC)c1OC. The number of hydrogen-bond donors (Lipinski definition) is 0. The standard InChI is InChI=1S/C22H24N2O7/c1-27-18-11-15(12-19(28-2)20(18)29-3)22(26)24-8-6-23(7-9-24)21(25)14-4-5-16-17(10-14)31-13-30-16/h4-5,10-12H,6-9,13H2,1-3H3. The van der Waals surface area contributed by atoms with Crippen molar-refractivity contribution in [2.45, 2.75) is 0 Å². The van der Waals surface area contributed by atoms with E-state index >= 15 is 0 Å². The topological polar surface area (TPSA) is 86.8 Å². The molecule has 0 unspecified atom stereocenters. The number of ether oxygens (including phenoxy) is 5. The quantitative estimate of drug-likeness (QED) is 0.720. The molecule has 0 aliphatic carbocycles. The van der Waals surface area contributed by atoms with E-state index < -0.39 is 0 Å². The Morgan fingerprint density at radius 2 is 1.29 bits per heavy atom. The van der Waals surface area contributed by atoms with E-state index in [1.165, 1.54) is 21.3 Å². The number of nitrogens with zero attached hydrogens (tertiary/aromatic N) is 2. The van der Waals surface area contributed by atoms with Crippen LogP contribution >= 0.6 is 0 Å². The van der Waals surface area contributed by atoms with Gasteiger partial charge in [-0.1, -0.05) is 0 Å². The first-order chi connectivity index (χ1) is 15.0. The molecule has 0 bridgehead atoms. The molecule has 0 spiro atoms. The van der Waals surface area contributed by atoms with Crippen LogP contribution in [0, 0.1) is 0 Å². The Balaban J connectivity index is 1.44. The summed E-state index contributed by atoms with van der Waals surface area (Å²) < 4.78 is 26.6. The molecule has 164 valence electrons. The molecule has 2 amide bonds. The molecule has 4 rings (SSSR count). The highest BCUT2D eigenvalue weighted by atomic mass is 16.7. The summed E-state index contributed by atoms with van der Waals surface area (Å²) in [7, 11) is 4.52. The predicted molar refractivity (Wildman–Crippen MR) is 110 cm³/mol. The highest BCUT2D eigenvalue weighted by Crippen LogP contribution is 2.38. The monoisotopic (exact) mass is 428 g/mol. The van der Waals surface area contributed by atoms with Crippen molar-refractivity contribution < 1.29 is 33.3 Å². The highest BCUT2D eigenvalue weighted by Gasteiger charge is 2.28. The maximum absolute atomic E-state index is 13.1. The van der Waals surface area contributed by atoms with E-state index in [1.807, 2.05) is 0 Å². The number of amides is 2. The first kappa shape index (κ1) is 20.6. The molecule has 0 atom stereocenters. The van der Waals surface area contributed by atoms with Crippen molar-refractivity contribution in [2.75, 3.05) is 54.3 Å². The number of carbonyl (C=O) groups is 2. The van der Waals surface area contributed by atoms with Gasteiger partial charge in [0, 0.05) is 37.3 Å². The fourth-order valence-electron chi connectivity index (χ4n) is 3.71. The van der Waals surface area contributed by atoms with Crippen LogP contribution in [0.1, 0.15) is 20.7 Å². The van der Waals surface area contributed by atoms with Gasteiger partial charge in [0.2, 0.25) is 12.5 Å². The van der Waals surface area contributed by atoms with E-state index in [2.05, 4.69) is 0 Å². The summed E-state index contributed by atoms with van der Waals surface area (Å²) in [6.45, 7) is 1.87. The minimum atomic E-state index is -0.158. The van der Waals surface area contributed by atoms with Crippen molar-refractivity contribution >= 4 is 11.8 Å². The smallest absolute Gasteiger partial charge is 0.254 e. The molecule has 31 heavy (non-hydrogen) atoms. The molecule has 2 aromatic carbocycles. The summed E-state index contributed by atoms with van der Waals surface area (Å²) in [5, 5.41) is 0. The molecule has 0 aromatic heterocycles. The van der Waals surface area contributed by atoms with Gasteiger partial charge in [0.05, 0.1) is 21.3 Å². The molecule has 1 saturated heterocycles. The molecule has 0 N–H and O–H groups in total. The Bertz CT molecular complexity index is 974. The molecule has 9 nitrogen and oxygen atoms in total. The number of fused-ring (bicyclic) bond motifs is 1. The van der Waals surface area contributed by atoms with Crippen molar-refractivity contribution in [1.29, 1.82) is 0 Å². The minimum absolute atomic E-state index is 0.0989. The normalized spacial score (nSPS) is 14.9. The molecule has 9 heteroatoms. The summed E-state index contributed by atoms with van der Waals surface area (Å²) in [6.07, 6.45) is 0. The zero-order chi connectivity index (χ0) is 22.0. The van der Waals surface area contributed by atoms with Crippen molar-refractivity contribution in [1.82, 2.24) is 9.80 Å². The van der Waals surface area contributed by atoms with Crippen LogP contribution in [0.5, 0.6) is 28.7 Å². The average Bonchev–Trinajstić information content (AvgIpc) is 3.30. The van der Waals surface area contributed by atoms with Crippen LogP contribution in [-0.4, -0.2) is 75.9 Å². The third kappa shape index (κ3) is 3.90. The lowest BCUT2D eigenvalue weighted by Crippen LogP contribution is -2.50. The minimum Gasteiger partial charge on any atom is -0.493 e. The molecule has 0 radical (unpaired) electrons. The lowest BCUT2D eigenvalue weighted by atomic mass is 10.1. The van der Waals surface area contributed by atoms with Crippen molar-refractivity contribution in [3.05, 3.63) is 41.5 Å². The zero-order valence-electron chi connectivity index (χ0n) is 17.7. The average molecular weight is 428 g/mol. The lowest BCUT2D eigenvalue weighted by Gasteiger charge is -2.35. The van der Waals surface area contributed by atoms with Gasteiger partial charge in [-0.2, -0.15) is 0 Å². The van der Waals surface area contributed by atoms with Crippen molar-refractivity contribution in [3.8, 4) is 28.7 Å². The second kappa shape index (κ2) is 8.63. The molecule has 2 aromatic rings. The third-order valence-corrected chi connectivity index (χ3v) is 5.39. The van der Waals surface area contributed by atoms with Gasteiger partial charge < -0.3 is 33.5 Å². The van der Waals surface area contributed by atoms with Gasteiger partial charge in [-0.25, -0.2) is 0 Å². The Labute approximate surface area is 180 Å².